The standard InChI is InChI=1S/C22H33ClN2O5/c1-4-5-8-25-9-7-15(18(14-25)27-2)13-24-22(26)16-12-17(23)20(28-3)21-19(16)29-10-6-11-30-21/h12,15,18H,4-11,13-14H2,1-3H3,(H,24,26)/t15-,18+/m0/s1. The van der Waals surface area contributed by atoms with Gasteiger partial charge in [-0.25, -0.2) is 0 Å². The number of fused-ring (bicyclic) bond motifs is 1. The smallest absolute Gasteiger partial charge is 0.255 e. The topological polar surface area (TPSA) is 69.3 Å². The van der Waals surface area contributed by atoms with E-state index in [4.69, 9.17) is 30.5 Å². The lowest BCUT2D eigenvalue weighted by atomic mass is 9.93. The summed E-state index contributed by atoms with van der Waals surface area (Å²) < 4.78 is 22.7. The van der Waals surface area contributed by atoms with E-state index in [-0.39, 0.29) is 17.9 Å². The molecule has 0 spiro atoms. The van der Waals surface area contributed by atoms with Gasteiger partial charge in [0.05, 0.1) is 37.0 Å². The van der Waals surface area contributed by atoms with Crippen LogP contribution >= 0.6 is 11.6 Å². The maximum atomic E-state index is 13.0. The van der Waals surface area contributed by atoms with Crippen LogP contribution in [0.4, 0.5) is 0 Å². The van der Waals surface area contributed by atoms with Crippen molar-refractivity contribution in [2.45, 2.75) is 38.7 Å². The Morgan fingerprint density at radius 1 is 1.30 bits per heavy atom. The number of carbonyl (C=O) groups excluding carboxylic acids is 1. The molecule has 30 heavy (non-hydrogen) atoms. The summed E-state index contributed by atoms with van der Waals surface area (Å²) in [5.41, 5.74) is 0.368. The Morgan fingerprint density at radius 3 is 2.77 bits per heavy atom. The molecule has 1 N–H and O–H groups in total. The number of carbonyl (C=O) groups is 1. The molecular weight excluding hydrogens is 408 g/mol. The van der Waals surface area contributed by atoms with Crippen molar-refractivity contribution in [3.05, 3.63) is 16.7 Å². The van der Waals surface area contributed by atoms with Gasteiger partial charge in [-0.3, -0.25) is 4.79 Å². The average Bonchev–Trinajstić information content (AvgIpc) is 3.01. The van der Waals surface area contributed by atoms with Crippen LogP contribution in [0.5, 0.6) is 17.2 Å². The number of unbranched alkanes of at least 4 members (excludes halogenated alkanes) is 1. The van der Waals surface area contributed by atoms with E-state index in [1.165, 1.54) is 20.0 Å². The molecule has 0 unspecified atom stereocenters. The summed E-state index contributed by atoms with van der Waals surface area (Å²) >= 11 is 6.35. The molecule has 1 saturated heterocycles. The second-order valence-corrected chi connectivity index (χ2v) is 8.24. The number of likely N-dealkylation sites (tertiary alicyclic amines) is 1. The van der Waals surface area contributed by atoms with E-state index in [0.29, 0.717) is 47.6 Å². The van der Waals surface area contributed by atoms with Gasteiger partial charge in [-0.15, -0.1) is 0 Å². The molecule has 0 aromatic heterocycles. The lowest BCUT2D eigenvalue weighted by Crippen LogP contribution is -2.48. The quantitative estimate of drug-likeness (QED) is 0.668. The molecule has 0 aliphatic carbocycles. The van der Waals surface area contributed by atoms with E-state index in [0.717, 1.165) is 32.5 Å². The highest BCUT2D eigenvalue weighted by molar-refractivity contribution is 6.33. The van der Waals surface area contributed by atoms with E-state index in [1.807, 2.05) is 0 Å². The molecule has 1 aromatic carbocycles. The van der Waals surface area contributed by atoms with Crippen molar-refractivity contribution >= 4 is 17.5 Å². The van der Waals surface area contributed by atoms with Crippen LogP contribution in [0.1, 0.15) is 43.0 Å². The highest BCUT2D eigenvalue weighted by Gasteiger charge is 2.31. The Balaban J connectivity index is 1.68. The largest absolute Gasteiger partial charge is 0.491 e. The zero-order valence-corrected chi connectivity index (χ0v) is 18.9. The molecule has 1 fully saturated rings. The van der Waals surface area contributed by atoms with Crippen LogP contribution in [0.2, 0.25) is 5.02 Å². The van der Waals surface area contributed by atoms with Gasteiger partial charge < -0.3 is 29.2 Å². The van der Waals surface area contributed by atoms with Gasteiger partial charge >= 0.3 is 0 Å². The predicted molar refractivity (Wildman–Crippen MR) is 116 cm³/mol. The summed E-state index contributed by atoms with van der Waals surface area (Å²) in [4.78, 5) is 15.5. The second-order valence-electron chi connectivity index (χ2n) is 7.84. The highest BCUT2D eigenvalue weighted by Crippen LogP contribution is 2.46. The number of halogens is 1. The van der Waals surface area contributed by atoms with Gasteiger partial charge in [0.1, 0.15) is 0 Å². The average molecular weight is 441 g/mol. The van der Waals surface area contributed by atoms with Gasteiger partial charge in [-0.1, -0.05) is 24.9 Å². The van der Waals surface area contributed by atoms with Gasteiger partial charge in [0.15, 0.2) is 11.5 Å². The molecule has 2 heterocycles. The predicted octanol–water partition coefficient (Wildman–Crippen LogP) is 3.38. The first-order valence-electron chi connectivity index (χ1n) is 10.8. The number of piperidine rings is 1. The first-order chi connectivity index (χ1) is 14.6. The number of amides is 1. The van der Waals surface area contributed by atoms with Gasteiger partial charge in [0.25, 0.3) is 5.91 Å². The normalized spacial score (nSPS) is 21.7. The van der Waals surface area contributed by atoms with Crippen LogP contribution in [0.15, 0.2) is 6.07 Å². The van der Waals surface area contributed by atoms with Crippen LogP contribution in [0.3, 0.4) is 0 Å². The molecule has 7 nitrogen and oxygen atoms in total. The van der Waals surface area contributed by atoms with Crippen molar-refractivity contribution in [1.29, 1.82) is 0 Å². The fourth-order valence-electron chi connectivity index (χ4n) is 4.07. The maximum absolute atomic E-state index is 13.0. The number of nitrogens with zero attached hydrogens (tertiary/aromatic N) is 1. The van der Waals surface area contributed by atoms with Gasteiger partial charge in [-0.05, 0) is 32.0 Å². The number of ether oxygens (including phenoxy) is 4. The molecule has 0 saturated carbocycles. The van der Waals surface area contributed by atoms with Crippen LogP contribution in [0.25, 0.3) is 0 Å². The minimum Gasteiger partial charge on any atom is -0.491 e. The highest BCUT2D eigenvalue weighted by atomic mass is 35.5. The van der Waals surface area contributed by atoms with E-state index < -0.39 is 0 Å². The van der Waals surface area contributed by atoms with Crippen LogP contribution in [-0.4, -0.2) is 70.5 Å². The Hall–Kier alpha value is -1.70. The third-order valence-electron chi connectivity index (χ3n) is 5.81. The van der Waals surface area contributed by atoms with Crippen LogP contribution < -0.4 is 19.5 Å². The fraction of sp³-hybridized carbons (Fsp3) is 0.682. The maximum Gasteiger partial charge on any atom is 0.255 e. The summed E-state index contributed by atoms with van der Waals surface area (Å²) in [6.07, 6.45) is 4.20. The van der Waals surface area contributed by atoms with Gasteiger partial charge in [-0.2, -0.15) is 0 Å². The molecule has 1 amide bonds. The Morgan fingerprint density at radius 2 is 2.07 bits per heavy atom. The number of methoxy groups -OCH3 is 2. The minimum absolute atomic E-state index is 0.104. The van der Waals surface area contributed by atoms with Crippen molar-refractivity contribution in [1.82, 2.24) is 10.2 Å². The van der Waals surface area contributed by atoms with Gasteiger partial charge in [0, 0.05) is 32.5 Å². The second kappa shape index (κ2) is 11.1. The first kappa shape index (κ1) is 23.0. The molecule has 8 heteroatoms. The monoisotopic (exact) mass is 440 g/mol. The van der Waals surface area contributed by atoms with Gasteiger partial charge in [0.2, 0.25) is 5.75 Å². The molecule has 0 radical (unpaired) electrons. The molecular formula is C22H33ClN2O5. The van der Waals surface area contributed by atoms with Crippen molar-refractivity contribution in [3.8, 4) is 17.2 Å². The summed E-state index contributed by atoms with van der Waals surface area (Å²) in [5, 5.41) is 3.38. The zero-order valence-electron chi connectivity index (χ0n) is 18.2. The Kier molecular flexibility index (Phi) is 8.48. The minimum atomic E-state index is -0.232. The summed E-state index contributed by atoms with van der Waals surface area (Å²) in [5.74, 6) is 1.21. The van der Waals surface area contributed by atoms with E-state index in [9.17, 15) is 4.79 Å². The van der Waals surface area contributed by atoms with E-state index in [1.54, 1.807) is 13.2 Å². The van der Waals surface area contributed by atoms with Crippen molar-refractivity contribution in [2.75, 3.05) is 53.6 Å². The summed E-state index contributed by atoms with van der Waals surface area (Å²) in [6, 6.07) is 1.59. The molecule has 168 valence electrons. The number of hydrogen-bond acceptors (Lipinski definition) is 6. The molecule has 3 rings (SSSR count). The SMILES string of the molecule is CCCCN1CC[C@@H](CNC(=O)c2cc(Cl)c(OC)c3c2OCCCO3)[C@H](OC)C1. The third kappa shape index (κ3) is 5.31. The van der Waals surface area contributed by atoms with E-state index >= 15 is 0 Å². The number of benzene rings is 1. The lowest BCUT2D eigenvalue weighted by molar-refractivity contribution is -0.0106. The number of rotatable bonds is 8. The van der Waals surface area contributed by atoms with Crippen LogP contribution in [-0.2, 0) is 4.74 Å². The molecule has 0 bridgehead atoms. The fourth-order valence-corrected chi connectivity index (χ4v) is 4.34. The molecule has 1 aromatic rings. The number of hydrogen-bond donors (Lipinski definition) is 1. The Labute approximate surface area is 183 Å². The lowest BCUT2D eigenvalue weighted by Gasteiger charge is -2.37. The van der Waals surface area contributed by atoms with Crippen molar-refractivity contribution in [2.24, 2.45) is 5.92 Å². The third-order valence-corrected chi connectivity index (χ3v) is 6.09. The zero-order chi connectivity index (χ0) is 21.5. The Bertz CT molecular complexity index is 730. The molecule has 2 aliphatic heterocycles. The number of nitrogens with one attached hydrogen (secondary N) is 1. The summed E-state index contributed by atoms with van der Waals surface area (Å²) in [6.45, 7) is 6.73. The van der Waals surface area contributed by atoms with Crippen LogP contribution in [0, 0.1) is 5.92 Å². The van der Waals surface area contributed by atoms with Crippen molar-refractivity contribution < 1.29 is 23.7 Å². The molecule has 2 atom stereocenters. The first-order valence-corrected chi connectivity index (χ1v) is 11.2. The molecule has 2 aliphatic rings. The van der Waals surface area contributed by atoms with Crippen molar-refractivity contribution in [3.63, 3.8) is 0 Å². The summed E-state index contributed by atoms with van der Waals surface area (Å²) in [7, 11) is 3.27. The van der Waals surface area contributed by atoms with E-state index in [2.05, 4.69) is 17.1 Å².